The number of nitrogens with zero attached hydrogens (tertiary/aromatic N) is 3. The van der Waals surface area contributed by atoms with E-state index in [4.69, 9.17) is 5.73 Å². The van der Waals surface area contributed by atoms with Crippen LogP contribution in [-0.4, -0.2) is 10.3 Å². The summed E-state index contributed by atoms with van der Waals surface area (Å²) in [5.41, 5.74) is 7.71. The normalized spacial score (nSPS) is 9.45. The SMILES string of the molecule is Nc1ccc2[n-]nnc2c1.[Ag+]. The molecule has 0 saturated carbocycles. The first-order chi connectivity index (χ1) is 4.86. The van der Waals surface area contributed by atoms with Crippen molar-refractivity contribution < 1.29 is 22.4 Å². The van der Waals surface area contributed by atoms with Crippen molar-refractivity contribution in [3.8, 4) is 0 Å². The summed E-state index contributed by atoms with van der Waals surface area (Å²) in [6.07, 6.45) is 0. The third kappa shape index (κ3) is 1.42. The Labute approximate surface area is 78.7 Å². The molecular weight excluding hydrogens is 236 g/mol. The van der Waals surface area contributed by atoms with Crippen LogP contribution in [0.3, 0.4) is 0 Å². The van der Waals surface area contributed by atoms with Crippen molar-refractivity contribution in [3.63, 3.8) is 0 Å². The molecule has 0 fully saturated rings. The third-order valence-corrected chi connectivity index (χ3v) is 1.30. The van der Waals surface area contributed by atoms with Gasteiger partial charge in [-0.1, -0.05) is 6.07 Å². The van der Waals surface area contributed by atoms with Gasteiger partial charge in [0.2, 0.25) is 0 Å². The first-order valence-electron chi connectivity index (χ1n) is 2.87. The molecule has 0 saturated heterocycles. The summed E-state index contributed by atoms with van der Waals surface area (Å²) >= 11 is 0. The second kappa shape index (κ2) is 3.04. The van der Waals surface area contributed by atoms with E-state index in [0.29, 0.717) is 5.69 Å². The van der Waals surface area contributed by atoms with Crippen LogP contribution in [-0.2, 0) is 22.4 Å². The van der Waals surface area contributed by atoms with Crippen molar-refractivity contribution in [2.24, 2.45) is 0 Å². The summed E-state index contributed by atoms with van der Waals surface area (Å²) in [6, 6.07) is 5.32. The smallest absolute Gasteiger partial charge is 0.399 e. The maximum absolute atomic E-state index is 5.49. The van der Waals surface area contributed by atoms with E-state index in [-0.39, 0.29) is 22.4 Å². The molecule has 0 bridgehead atoms. The van der Waals surface area contributed by atoms with E-state index in [0.717, 1.165) is 11.0 Å². The van der Waals surface area contributed by atoms with Crippen molar-refractivity contribution in [2.75, 3.05) is 5.73 Å². The van der Waals surface area contributed by atoms with E-state index in [2.05, 4.69) is 15.4 Å². The summed E-state index contributed by atoms with van der Waals surface area (Å²) in [5.74, 6) is 0. The van der Waals surface area contributed by atoms with E-state index in [9.17, 15) is 0 Å². The van der Waals surface area contributed by atoms with Gasteiger partial charge in [0.05, 0.1) is 0 Å². The Morgan fingerprint density at radius 3 is 3.00 bits per heavy atom. The summed E-state index contributed by atoms with van der Waals surface area (Å²) in [4.78, 5) is 0. The molecule has 0 radical (unpaired) electrons. The van der Waals surface area contributed by atoms with E-state index < -0.39 is 0 Å². The number of fused-ring (bicyclic) bond motifs is 1. The Morgan fingerprint density at radius 2 is 2.18 bits per heavy atom. The molecule has 1 heterocycles. The number of nitrogen functional groups attached to an aromatic ring is 1. The largest absolute Gasteiger partial charge is 1.00 e. The molecule has 0 unspecified atom stereocenters. The maximum atomic E-state index is 5.49. The van der Waals surface area contributed by atoms with Gasteiger partial charge in [-0.15, -0.1) is 0 Å². The molecule has 11 heavy (non-hydrogen) atoms. The molecule has 0 aliphatic rings. The van der Waals surface area contributed by atoms with Gasteiger partial charge in [0.1, 0.15) is 0 Å². The molecule has 4 nitrogen and oxygen atoms in total. The van der Waals surface area contributed by atoms with Crippen molar-refractivity contribution in [1.29, 1.82) is 0 Å². The summed E-state index contributed by atoms with van der Waals surface area (Å²) in [7, 11) is 0. The number of hydrogen-bond acceptors (Lipinski definition) is 3. The van der Waals surface area contributed by atoms with Crippen LogP contribution < -0.4 is 10.8 Å². The van der Waals surface area contributed by atoms with Crippen molar-refractivity contribution in [2.45, 2.75) is 0 Å². The van der Waals surface area contributed by atoms with Crippen molar-refractivity contribution in [1.82, 2.24) is 15.4 Å². The number of anilines is 1. The minimum Gasteiger partial charge on any atom is -0.399 e. The molecule has 0 aliphatic heterocycles. The van der Waals surface area contributed by atoms with Gasteiger partial charge in [0, 0.05) is 5.69 Å². The predicted molar refractivity (Wildman–Crippen MR) is 37.3 cm³/mol. The molecule has 2 aromatic rings. The second-order valence-corrected chi connectivity index (χ2v) is 2.04. The second-order valence-electron chi connectivity index (χ2n) is 2.04. The fourth-order valence-electron chi connectivity index (χ4n) is 0.824. The first kappa shape index (κ1) is 8.26. The minimum atomic E-state index is 0. The van der Waals surface area contributed by atoms with E-state index in [1.807, 2.05) is 0 Å². The van der Waals surface area contributed by atoms with Gasteiger partial charge in [-0.05, 0) is 23.2 Å². The molecule has 60 valence electrons. The molecule has 1 aromatic carbocycles. The van der Waals surface area contributed by atoms with Crippen molar-refractivity contribution >= 4 is 16.7 Å². The molecule has 2 rings (SSSR count). The molecule has 2 N–H and O–H groups in total. The Morgan fingerprint density at radius 1 is 1.36 bits per heavy atom. The Hall–Kier alpha value is -0.840. The predicted octanol–water partition coefficient (Wildman–Crippen LogP) is 0.167. The van der Waals surface area contributed by atoms with Crippen LogP contribution >= 0.6 is 0 Å². The Bertz CT molecular complexity index is 356. The van der Waals surface area contributed by atoms with Crippen LogP contribution in [0.4, 0.5) is 5.69 Å². The number of nitrogens with two attached hydrogens (primary N) is 1. The summed E-state index contributed by atoms with van der Waals surface area (Å²) in [6.45, 7) is 0. The summed E-state index contributed by atoms with van der Waals surface area (Å²) in [5, 5.41) is 11.0. The zero-order valence-electron chi connectivity index (χ0n) is 5.45. The van der Waals surface area contributed by atoms with Gasteiger partial charge < -0.3 is 15.9 Å². The van der Waals surface area contributed by atoms with Gasteiger partial charge in [0.25, 0.3) is 0 Å². The van der Waals surface area contributed by atoms with E-state index in [1.165, 1.54) is 0 Å². The van der Waals surface area contributed by atoms with Gasteiger partial charge in [-0.25, -0.2) is 0 Å². The van der Waals surface area contributed by atoms with Crippen molar-refractivity contribution in [3.05, 3.63) is 18.2 Å². The number of benzene rings is 1. The van der Waals surface area contributed by atoms with Crippen LogP contribution in [0, 0.1) is 0 Å². The van der Waals surface area contributed by atoms with Crippen LogP contribution in [0.1, 0.15) is 0 Å². The average molecular weight is 241 g/mol. The van der Waals surface area contributed by atoms with Gasteiger partial charge >= 0.3 is 22.4 Å². The molecule has 0 spiro atoms. The van der Waals surface area contributed by atoms with E-state index >= 15 is 0 Å². The zero-order chi connectivity index (χ0) is 6.97. The monoisotopic (exact) mass is 240 g/mol. The third-order valence-electron chi connectivity index (χ3n) is 1.30. The number of rotatable bonds is 0. The fourth-order valence-corrected chi connectivity index (χ4v) is 0.824. The van der Waals surface area contributed by atoms with Gasteiger partial charge in [-0.3, -0.25) is 5.21 Å². The Kier molecular flexibility index (Phi) is 2.28. The van der Waals surface area contributed by atoms with Crippen LogP contribution in [0.25, 0.3) is 11.0 Å². The molecule has 0 aliphatic carbocycles. The summed E-state index contributed by atoms with van der Waals surface area (Å²) < 4.78 is 0. The quantitative estimate of drug-likeness (QED) is 0.527. The molecule has 0 atom stereocenters. The zero-order valence-corrected chi connectivity index (χ0v) is 6.93. The van der Waals surface area contributed by atoms with E-state index in [1.54, 1.807) is 18.2 Å². The van der Waals surface area contributed by atoms with Crippen LogP contribution in [0.5, 0.6) is 0 Å². The molecule has 0 amide bonds. The average Bonchev–Trinajstić information content (AvgIpc) is 2.33. The maximum Gasteiger partial charge on any atom is 1.00 e. The van der Waals surface area contributed by atoms with Crippen LogP contribution in [0.15, 0.2) is 18.2 Å². The fraction of sp³-hybridized carbons (Fsp3) is 0. The number of aromatic nitrogens is 3. The number of hydrogen-bond donors (Lipinski definition) is 1. The molecule has 1 aromatic heterocycles. The van der Waals surface area contributed by atoms with Gasteiger partial charge in [-0.2, -0.15) is 0 Å². The Balaban J connectivity index is 0.000000605. The topological polar surface area (TPSA) is 65.9 Å². The first-order valence-corrected chi connectivity index (χ1v) is 2.87. The molecule has 5 heteroatoms. The minimum absolute atomic E-state index is 0. The standard InChI is InChI=1S/C6H5N4.Ag/c7-4-1-2-5-6(3-4)9-10-8-5;/h1-3H,7H2;/q-1;+1. The van der Waals surface area contributed by atoms with Crippen LogP contribution in [0.2, 0.25) is 0 Å². The van der Waals surface area contributed by atoms with Gasteiger partial charge in [0.15, 0.2) is 0 Å². The molecular formula is C6H5AgN4.